The predicted octanol–water partition coefficient (Wildman–Crippen LogP) is 3.60. The Hall–Kier alpha value is -2.80. The van der Waals surface area contributed by atoms with E-state index in [0.717, 1.165) is 5.75 Å². The normalized spacial score (nSPS) is 10.0. The first kappa shape index (κ1) is 14.6. The molecule has 0 bridgehead atoms. The van der Waals surface area contributed by atoms with E-state index >= 15 is 0 Å². The van der Waals surface area contributed by atoms with E-state index in [9.17, 15) is 4.79 Å². The van der Waals surface area contributed by atoms with Gasteiger partial charge in [-0.2, -0.15) is 5.26 Å². The molecule has 0 atom stereocenters. The van der Waals surface area contributed by atoms with Crippen molar-refractivity contribution in [3.05, 3.63) is 59.7 Å². The molecule has 0 aliphatic rings. The minimum absolute atomic E-state index is 0.100. The second-order valence-electron chi connectivity index (χ2n) is 4.83. The number of carbonyl (C=O) groups excluding carboxylic acids is 1. The Morgan fingerprint density at radius 3 is 2.24 bits per heavy atom. The summed E-state index contributed by atoms with van der Waals surface area (Å²) < 4.78 is 5.53. The number of hydrogen-bond donors (Lipinski definition) is 1. The van der Waals surface area contributed by atoms with E-state index in [1.807, 2.05) is 19.9 Å². The molecule has 2 rings (SSSR count). The zero-order valence-electron chi connectivity index (χ0n) is 12.0. The van der Waals surface area contributed by atoms with Gasteiger partial charge < -0.3 is 10.1 Å². The first-order chi connectivity index (χ1) is 10.1. The fourth-order valence-electron chi connectivity index (χ4n) is 1.79. The van der Waals surface area contributed by atoms with Crippen molar-refractivity contribution in [2.45, 2.75) is 20.0 Å². The van der Waals surface area contributed by atoms with Gasteiger partial charge in [0.25, 0.3) is 5.91 Å². The number of nitrogens with zero attached hydrogens (tertiary/aromatic N) is 1. The average molecular weight is 280 g/mol. The predicted molar refractivity (Wildman–Crippen MR) is 81.3 cm³/mol. The van der Waals surface area contributed by atoms with Crippen molar-refractivity contribution in [1.29, 1.82) is 5.26 Å². The van der Waals surface area contributed by atoms with Crippen molar-refractivity contribution in [3.63, 3.8) is 0 Å². The Labute approximate surface area is 124 Å². The molecule has 0 aromatic heterocycles. The topological polar surface area (TPSA) is 62.1 Å². The number of nitrogens with one attached hydrogen (secondary N) is 1. The van der Waals surface area contributed by atoms with E-state index in [0.29, 0.717) is 16.8 Å². The fourth-order valence-corrected chi connectivity index (χ4v) is 1.79. The molecule has 106 valence electrons. The van der Waals surface area contributed by atoms with Gasteiger partial charge in [-0.15, -0.1) is 0 Å². The molecular weight excluding hydrogens is 264 g/mol. The van der Waals surface area contributed by atoms with Crippen LogP contribution in [0.15, 0.2) is 48.5 Å². The van der Waals surface area contributed by atoms with Gasteiger partial charge in [0, 0.05) is 11.3 Å². The van der Waals surface area contributed by atoms with Crippen LogP contribution in [0.3, 0.4) is 0 Å². The third kappa shape index (κ3) is 4.08. The van der Waals surface area contributed by atoms with E-state index in [1.165, 1.54) is 0 Å². The lowest BCUT2D eigenvalue weighted by atomic mass is 10.2. The van der Waals surface area contributed by atoms with E-state index < -0.39 is 0 Å². The molecule has 1 amide bonds. The molecule has 0 radical (unpaired) electrons. The number of hydrogen-bond acceptors (Lipinski definition) is 3. The molecule has 0 aliphatic heterocycles. The highest BCUT2D eigenvalue weighted by molar-refractivity contribution is 6.04. The van der Waals surface area contributed by atoms with Crippen LogP contribution in [0.5, 0.6) is 5.75 Å². The first-order valence-electron chi connectivity index (χ1n) is 6.66. The zero-order valence-corrected chi connectivity index (χ0v) is 12.0. The fraction of sp³-hybridized carbons (Fsp3) is 0.176. The minimum atomic E-state index is -0.198. The number of carbonyl (C=O) groups is 1. The average Bonchev–Trinajstić information content (AvgIpc) is 2.48. The molecule has 1 N–H and O–H groups in total. The Kier molecular flexibility index (Phi) is 4.57. The standard InChI is InChI=1S/C17H16N2O2/c1-12(2)21-16-9-5-14(6-10-16)17(20)19-15-7-3-13(11-18)4-8-15/h3-10,12H,1-2H3,(H,19,20). The number of amides is 1. The maximum Gasteiger partial charge on any atom is 0.255 e. The SMILES string of the molecule is CC(C)Oc1ccc(C(=O)Nc2ccc(C#N)cc2)cc1. The Bertz CT molecular complexity index is 653. The number of rotatable bonds is 4. The van der Waals surface area contributed by atoms with Crippen LogP contribution in [0.4, 0.5) is 5.69 Å². The number of benzene rings is 2. The Morgan fingerprint density at radius 2 is 1.71 bits per heavy atom. The van der Waals surface area contributed by atoms with Gasteiger partial charge in [-0.25, -0.2) is 0 Å². The molecule has 2 aromatic rings. The van der Waals surface area contributed by atoms with Gasteiger partial charge in [0.15, 0.2) is 0 Å². The highest BCUT2D eigenvalue weighted by Gasteiger charge is 2.06. The van der Waals surface area contributed by atoms with Crippen LogP contribution in [0.1, 0.15) is 29.8 Å². The molecule has 21 heavy (non-hydrogen) atoms. The lowest BCUT2D eigenvalue weighted by molar-refractivity contribution is 0.102. The quantitative estimate of drug-likeness (QED) is 0.930. The van der Waals surface area contributed by atoms with Crippen molar-refractivity contribution in [3.8, 4) is 11.8 Å². The van der Waals surface area contributed by atoms with Crippen LogP contribution in [-0.4, -0.2) is 12.0 Å². The Balaban J connectivity index is 2.04. The van der Waals surface area contributed by atoms with Gasteiger partial charge in [0.2, 0.25) is 0 Å². The van der Waals surface area contributed by atoms with Crippen LogP contribution in [0, 0.1) is 11.3 Å². The van der Waals surface area contributed by atoms with Crippen molar-refractivity contribution < 1.29 is 9.53 Å². The molecule has 0 saturated heterocycles. The van der Waals surface area contributed by atoms with Gasteiger partial charge in [-0.3, -0.25) is 4.79 Å². The first-order valence-corrected chi connectivity index (χ1v) is 6.66. The van der Waals surface area contributed by atoms with E-state index in [1.54, 1.807) is 48.5 Å². The molecule has 0 heterocycles. The number of ether oxygens (including phenoxy) is 1. The minimum Gasteiger partial charge on any atom is -0.491 e. The van der Waals surface area contributed by atoms with Gasteiger partial charge >= 0.3 is 0 Å². The maximum atomic E-state index is 12.1. The summed E-state index contributed by atoms with van der Waals surface area (Å²) in [5.74, 6) is 0.538. The third-order valence-electron chi connectivity index (χ3n) is 2.76. The van der Waals surface area contributed by atoms with Gasteiger partial charge in [0.05, 0.1) is 17.7 Å². The summed E-state index contributed by atoms with van der Waals surface area (Å²) in [5, 5.41) is 11.5. The highest BCUT2D eigenvalue weighted by Crippen LogP contribution is 2.15. The second-order valence-corrected chi connectivity index (χ2v) is 4.83. The number of anilines is 1. The molecule has 2 aromatic carbocycles. The summed E-state index contributed by atoms with van der Waals surface area (Å²) in [6, 6.07) is 15.7. The molecule has 0 saturated carbocycles. The van der Waals surface area contributed by atoms with Crippen LogP contribution in [-0.2, 0) is 0 Å². The summed E-state index contributed by atoms with van der Waals surface area (Å²) in [4.78, 5) is 12.1. The van der Waals surface area contributed by atoms with Crippen LogP contribution >= 0.6 is 0 Å². The van der Waals surface area contributed by atoms with Crippen LogP contribution in [0.25, 0.3) is 0 Å². The molecule has 4 nitrogen and oxygen atoms in total. The monoisotopic (exact) mass is 280 g/mol. The molecular formula is C17H16N2O2. The van der Waals surface area contributed by atoms with Gasteiger partial charge in [-0.1, -0.05) is 0 Å². The van der Waals surface area contributed by atoms with Crippen LogP contribution < -0.4 is 10.1 Å². The van der Waals surface area contributed by atoms with Crippen molar-refractivity contribution >= 4 is 11.6 Å². The molecule has 0 spiro atoms. The third-order valence-corrected chi connectivity index (χ3v) is 2.76. The lowest BCUT2D eigenvalue weighted by Crippen LogP contribution is -2.12. The zero-order chi connectivity index (χ0) is 15.2. The molecule has 0 aliphatic carbocycles. The van der Waals surface area contributed by atoms with E-state index in [2.05, 4.69) is 5.32 Å². The van der Waals surface area contributed by atoms with Crippen molar-refractivity contribution in [1.82, 2.24) is 0 Å². The van der Waals surface area contributed by atoms with Gasteiger partial charge in [-0.05, 0) is 62.4 Å². The van der Waals surface area contributed by atoms with Crippen LogP contribution in [0.2, 0.25) is 0 Å². The van der Waals surface area contributed by atoms with E-state index in [-0.39, 0.29) is 12.0 Å². The maximum absolute atomic E-state index is 12.1. The molecule has 0 fully saturated rings. The summed E-state index contributed by atoms with van der Waals surface area (Å²) in [5.41, 5.74) is 1.76. The highest BCUT2D eigenvalue weighted by atomic mass is 16.5. The Morgan fingerprint density at radius 1 is 1.10 bits per heavy atom. The van der Waals surface area contributed by atoms with Crippen molar-refractivity contribution in [2.24, 2.45) is 0 Å². The smallest absolute Gasteiger partial charge is 0.255 e. The summed E-state index contributed by atoms with van der Waals surface area (Å²) in [7, 11) is 0. The lowest BCUT2D eigenvalue weighted by Gasteiger charge is -2.10. The largest absolute Gasteiger partial charge is 0.491 e. The number of nitriles is 1. The molecule has 0 unspecified atom stereocenters. The van der Waals surface area contributed by atoms with Crippen molar-refractivity contribution in [2.75, 3.05) is 5.32 Å². The summed E-state index contributed by atoms with van der Waals surface area (Å²) in [6.07, 6.45) is 0.100. The van der Waals surface area contributed by atoms with Gasteiger partial charge in [0.1, 0.15) is 5.75 Å². The second kappa shape index (κ2) is 6.58. The molecule has 4 heteroatoms. The van der Waals surface area contributed by atoms with E-state index in [4.69, 9.17) is 10.00 Å². The summed E-state index contributed by atoms with van der Waals surface area (Å²) in [6.45, 7) is 3.90. The summed E-state index contributed by atoms with van der Waals surface area (Å²) >= 11 is 0.